The molecule has 0 aliphatic rings. The lowest BCUT2D eigenvalue weighted by molar-refractivity contribution is -0.387. The minimum atomic E-state index is -1.04. The van der Waals surface area contributed by atoms with Crippen LogP contribution in [-0.2, 0) is 19.6 Å². The molecule has 0 N–H and O–H groups in total. The van der Waals surface area contributed by atoms with E-state index < -0.39 is 21.9 Å². The molecule has 0 aliphatic heterocycles. The number of hydrogen-bond donors (Lipinski definition) is 0. The van der Waals surface area contributed by atoms with Crippen molar-refractivity contribution in [1.82, 2.24) is 18.9 Å². The van der Waals surface area contributed by atoms with Gasteiger partial charge in [0.15, 0.2) is 0 Å². The highest BCUT2D eigenvalue weighted by molar-refractivity contribution is 5.71. The van der Waals surface area contributed by atoms with Gasteiger partial charge in [-0.1, -0.05) is 18.2 Å². The van der Waals surface area contributed by atoms with Crippen molar-refractivity contribution in [2.45, 2.75) is 19.6 Å². The van der Waals surface area contributed by atoms with Gasteiger partial charge < -0.3 is 8.83 Å². The minimum absolute atomic E-state index is 0.0753. The highest BCUT2D eigenvalue weighted by Gasteiger charge is 2.27. The summed E-state index contributed by atoms with van der Waals surface area (Å²) in [5.41, 5.74) is -0.681. The highest BCUT2D eigenvalue weighted by atomic mass is 19.1. The number of rotatable bonds is 9. The second-order valence-electron chi connectivity index (χ2n) is 8.41. The van der Waals surface area contributed by atoms with E-state index in [1.807, 2.05) is 0 Å². The van der Waals surface area contributed by atoms with Crippen LogP contribution in [0.1, 0.15) is 27.9 Å². The van der Waals surface area contributed by atoms with Gasteiger partial charge in [0.05, 0.1) is 55.8 Å². The topological polar surface area (TPSA) is 131 Å². The fourth-order valence-electron chi connectivity index (χ4n) is 3.99. The lowest BCUT2D eigenvalue weighted by Crippen LogP contribution is -2.42. The van der Waals surface area contributed by atoms with Crippen LogP contribution in [0.5, 0.6) is 0 Å². The third kappa shape index (κ3) is 5.00. The van der Waals surface area contributed by atoms with Crippen molar-refractivity contribution < 1.29 is 18.1 Å². The standard InChI is InChI=1S/C26H20FN5O6/c27-22-4-2-1-3-21(22)15-29-12-18(11-28-29)5-6-23-24(32(35)36)25(33)31(14-20-8-10-38-17-20)26(34)30(23)13-19-7-9-37-16-19/h1-12,16-17H,13-15H2. The third-order valence-electron chi connectivity index (χ3n) is 5.84. The summed E-state index contributed by atoms with van der Waals surface area (Å²) in [6, 6.07) is 9.48. The minimum Gasteiger partial charge on any atom is -0.472 e. The average Bonchev–Trinajstić information content (AvgIpc) is 3.67. The first-order valence-corrected chi connectivity index (χ1v) is 11.4. The number of halogens is 1. The predicted molar refractivity (Wildman–Crippen MR) is 134 cm³/mol. The average molecular weight is 517 g/mol. The Labute approximate surface area is 213 Å². The van der Waals surface area contributed by atoms with E-state index in [1.54, 1.807) is 36.5 Å². The van der Waals surface area contributed by atoms with Crippen LogP contribution in [0.25, 0.3) is 12.2 Å². The molecule has 0 atom stereocenters. The molecule has 0 aliphatic carbocycles. The van der Waals surface area contributed by atoms with Crippen LogP contribution in [0.2, 0.25) is 0 Å². The summed E-state index contributed by atoms with van der Waals surface area (Å²) < 4.78 is 27.5. The smallest absolute Gasteiger partial charge is 0.357 e. The Hall–Kier alpha value is -5.26. The van der Waals surface area contributed by atoms with Gasteiger partial charge in [-0.15, -0.1) is 0 Å². The van der Waals surface area contributed by atoms with Gasteiger partial charge in [-0.05, 0) is 30.4 Å². The first kappa shape index (κ1) is 24.4. The Balaban J connectivity index is 1.57. The monoisotopic (exact) mass is 517 g/mol. The summed E-state index contributed by atoms with van der Waals surface area (Å²) in [7, 11) is 0. The highest BCUT2D eigenvalue weighted by Crippen LogP contribution is 2.18. The maximum Gasteiger partial charge on any atom is 0.357 e. The second-order valence-corrected chi connectivity index (χ2v) is 8.41. The lowest BCUT2D eigenvalue weighted by Gasteiger charge is -2.13. The van der Waals surface area contributed by atoms with E-state index in [0.29, 0.717) is 22.3 Å². The molecule has 0 spiro atoms. The quantitative estimate of drug-likeness (QED) is 0.215. The molecule has 0 bridgehead atoms. The van der Waals surface area contributed by atoms with Crippen molar-refractivity contribution in [2.24, 2.45) is 0 Å². The van der Waals surface area contributed by atoms with Crippen molar-refractivity contribution in [3.8, 4) is 0 Å². The van der Waals surface area contributed by atoms with E-state index in [2.05, 4.69) is 5.10 Å². The Morgan fingerprint density at radius 1 is 0.947 bits per heavy atom. The van der Waals surface area contributed by atoms with Crippen LogP contribution in [-0.4, -0.2) is 23.8 Å². The molecule has 0 unspecified atom stereocenters. The molecule has 192 valence electrons. The molecule has 4 aromatic heterocycles. The zero-order chi connectivity index (χ0) is 26.6. The van der Waals surface area contributed by atoms with Crippen molar-refractivity contribution >= 4 is 17.8 Å². The van der Waals surface area contributed by atoms with Gasteiger partial charge in [0.25, 0.3) is 0 Å². The summed E-state index contributed by atoms with van der Waals surface area (Å²) in [6.07, 6.45) is 11.5. The van der Waals surface area contributed by atoms with Gasteiger partial charge in [-0.25, -0.2) is 13.8 Å². The number of furan rings is 2. The zero-order valence-electron chi connectivity index (χ0n) is 19.8. The van der Waals surface area contributed by atoms with E-state index in [1.165, 1.54) is 54.1 Å². The first-order chi connectivity index (χ1) is 18.4. The molecule has 5 rings (SSSR count). The van der Waals surface area contributed by atoms with Crippen LogP contribution in [0.4, 0.5) is 10.1 Å². The Bertz CT molecular complexity index is 1730. The van der Waals surface area contributed by atoms with E-state index in [4.69, 9.17) is 8.83 Å². The Kier molecular flexibility index (Phi) is 6.68. The third-order valence-corrected chi connectivity index (χ3v) is 5.84. The largest absolute Gasteiger partial charge is 0.472 e. The van der Waals surface area contributed by atoms with E-state index in [0.717, 1.165) is 9.13 Å². The Morgan fingerprint density at radius 2 is 1.63 bits per heavy atom. The molecule has 11 nitrogen and oxygen atoms in total. The summed E-state index contributed by atoms with van der Waals surface area (Å²) in [4.78, 5) is 37.9. The van der Waals surface area contributed by atoms with Crippen molar-refractivity contribution in [1.29, 1.82) is 0 Å². The summed E-state index contributed by atoms with van der Waals surface area (Å²) in [5, 5.41) is 16.3. The van der Waals surface area contributed by atoms with Crippen molar-refractivity contribution in [3.63, 3.8) is 0 Å². The van der Waals surface area contributed by atoms with Gasteiger partial charge in [-0.3, -0.25) is 24.2 Å². The first-order valence-electron chi connectivity index (χ1n) is 11.4. The molecule has 12 heteroatoms. The second kappa shape index (κ2) is 10.4. The Morgan fingerprint density at radius 3 is 2.26 bits per heavy atom. The molecule has 5 aromatic rings. The lowest BCUT2D eigenvalue weighted by atomic mass is 10.2. The number of aromatic nitrogens is 4. The normalized spacial score (nSPS) is 11.4. The van der Waals surface area contributed by atoms with E-state index >= 15 is 0 Å². The molecule has 38 heavy (non-hydrogen) atoms. The van der Waals surface area contributed by atoms with E-state index in [-0.39, 0.29) is 31.1 Å². The molecule has 0 amide bonds. The van der Waals surface area contributed by atoms with Crippen molar-refractivity contribution in [3.05, 3.63) is 139 Å². The van der Waals surface area contributed by atoms with Crippen LogP contribution in [0, 0.1) is 15.9 Å². The van der Waals surface area contributed by atoms with Crippen LogP contribution >= 0.6 is 0 Å². The van der Waals surface area contributed by atoms with Crippen LogP contribution in [0.3, 0.4) is 0 Å². The maximum absolute atomic E-state index is 14.0. The van der Waals surface area contributed by atoms with Gasteiger partial charge in [0, 0.05) is 28.5 Å². The summed E-state index contributed by atoms with van der Waals surface area (Å²) >= 11 is 0. The molecule has 0 radical (unpaired) electrons. The summed E-state index contributed by atoms with van der Waals surface area (Å²) in [5.74, 6) is -0.366. The number of nitrogens with zero attached hydrogens (tertiary/aromatic N) is 5. The van der Waals surface area contributed by atoms with Crippen molar-refractivity contribution in [2.75, 3.05) is 0 Å². The van der Waals surface area contributed by atoms with E-state index in [9.17, 15) is 24.1 Å². The molecule has 4 heterocycles. The number of hydrogen-bond acceptors (Lipinski definition) is 7. The number of benzene rings is 1. The fourth-order valence-corrected chi connectivity index (χ4v) is 3.99. The molecule has 0 fully saturated rings. The number of nitro groups is 1. The van der Waals surface area contributed by atoms with Gasteiger partial charge in [0.1, 0.15) is 11.5 Å². The molecular formula is C26H20FN5O6. The van der Waals surface area contributed by atoms with Crippen LogP contribution < -0.4 is 11.2 Å². The van der Waals surface area contributed by atoms with Crippen LogP contribution in [0.15, 0.2) is 92.3 Å². The predicted octanol–water partition coefficient (Wildman–Crippen LogP) is 3.76. The van der Waals surface area contributed by atoms with Gasteiger partial charge in [0.2, 0.25) is 0 Å². The molecule has 1 aromatic carbocycles. The fraction of sp³-hybridized carbons (Fsp3) is 0.115. The summed E-state index contributed by atoms with van der Waals surface area (Å²) in [6.45, 7) is -0.100. The maximum atomic E-state index is 14.0. The zero-order valence-corrected chi connectivity index (χ0v) is 19.8. The SMILES string of the molecule is O=c1c([N+](=O)[O-])c(C=Cc2cnn(Cc3ccccc3F)c2)n(Cc2ccoc2)c(=O)n1Cc1ccoc1. The molecule has 0 saturated carbocycles. The van der Waals surface area contributed by atoms with Gasteiger partial charge in [-0.2, -0.15) is 5.10 Å². The molecular weight excluding hydrogens is 497 g/mol. The van der Waals surface area contributed by atoms with Gasteiger partial charge >= 0.3 is 16.9 Å². The molecule has 0 saturated heterocycles.